The number of rotatable bonds is 11. The van der Waals surface area contributed by atoms with Crippen molar-refractivity contribution in [2.45, 2.75) is 53.5 Å². The van der Waals surface area contributed by atoms with Gasteiger partial charge in [0, 0.05) is 13.1 Å². The van der Waals surface area contributed by atoms with E-state index in [1.165, 1.54) is 0 Å². The monoisotopic (exact) mass is 424 g/mol. The highest BCUT2D eigenvalue weighted by atomic mass is 16.5. The normalized spacial score (nSPS) is 11.8. The van der Waals surface area contributed by atoms with E-state index in [1.807, 2.05) is 63.2 Å². The number of hydrogen-bond acceptors (Lipinski definition) is 3. The van der Waals surface area contributed by atoms with Crippen LogP contribution in [0.25, 0.3) is 0 Å². The molecule has 5 heteroatoms. The van der Waals surface area contributed by atoms with Gasteiger partial charge in [0.1, 0.15) is 11.8 Å². The van der Waals surface area contributed by atoms with Gasteiger partial charge in [0.05, 0.1) is 0 Å². The molecule has 1 atom stereocenters. The first-order valence-corrected chi connectivity index (χ1v) is 11.1. The Bertz CT molecular complexity index is 829. The molecule has 0 fully saturated rings. The van der Waals surface area contributed by atoms with Crippen LogP contribution in [0.2, 0.25) is 0 Å². The molecule has 31 heavy (non-hydrogen) atoms. The molecule has 0 heterocycles. The summed E-state index contributed by atoms with van der Waals surface area (Å²) in [4.78, 5) is 27.7. The maximum absolute atomic E-state index is 13.2. The number of hydrogen-bond donors (Lipinski definition) is 1. The van der Waals surface area contributed by atoms with Gasteiger partial charge in [0.25, 0.3) is 5.91 Å². The van der Waals surface area contributed by atoms with E-state index < -0.39 is 6.04 Å². The predicted octanol–water partition coefficient (Wildman–Crippen LogP) is 4.30. The van der Waals surface area contributed by atoms with Gasteiger partial charge in [-0.05, 0) is 61.4 Å². The Morgan fingerprint density at radius 2 is 1.68 bits per heavy atom. The summed E-state index contributed by atoms with van der Waals surface area (Å²) in [5.74, 6) is 0.736. The molecule has 2 amide bonds. The number of carbonyl (C=O) groups excluding carboxylic acids is 2. The van der Waals surface area contributed by atoms with Crippen LogP contribution in [-0.2, 0) is 16.0 Å². The van der Waals surface area contributed by atoms with Crippen molar-refractivity contribution < 1.29 is 14.3 Å². The molecule has 0 saturated carbocycles. The second-order valence-corrected chi connectivity index (χ2v) is 8.50. The van der Waals surface area contributed by atoms with Crippen LogP contribution in [0.4, 0.5) is 0 Å². The fourth-order valence-electron chi connectivity index (χ4n) is 3.56. The van der Waals surface area contributed by atoms with Crippen molar-refractivity contribution in [1.29, 1.82) is 0 Å². The molecular formula is C26H36N2O3. The molecule has 0 aliphatic heterocycles. The molecule has 1 N–H and O–H groups in total. The lowest BCUT2D eigenvalue weighted by Gasteiger charge is -2.30. The number of aryl methyl sites for hydroxylation is 2. The first-order valence-electron chi connectivity index (χ1n) is 11.1. The van der Waals surface area contributed by atoms with Gasteiger partial charge in [-0.25, -0.2) is 0 Å². The molecule has 2 rings (SSSR count). The van der Waals surface area contributed by atoms with E-state index >= 15 is 0 Å². The van der Waals surface area contributed by atoms with Crippen LogP contribution >= 0.6 is 0 Å². The lowest BCUT2D eigenvalue weighted by atomic mass is 10.1. The van der Waals surface area contributed by atoms with E-state index in [0.29, 0.717) is 37.6 Å². The van der Waals surface area contributed by atoms with Crippen LogP contribution in [0, 0.1) is 19.8 Å². The highest BCUT2D eigenvalue weighted by molar-refractivity contribution is 5.88. The van der Waals surface area contributed by atoms with Crippen LogP contribution in [-0.4, -0.2) is 42.5 Å². The minimum absolute atomic E-state index is 0.0916. The Balaban J connectivity index is 2.13. The van der Waals surface area contributed by atoms with Gasteiger partial charge in [0.2, 0.25) is 5.91 Å². The Morgan fingerprint density at radius 1 is 1.03 bits per heavy atom. The second kappa shape index (κ2) is 12.1. The Morgan fingerprint density at radius 3 is 2.26 bits per heavy atom. The number of nitrogens with zero attached hydrogens (tertiary/aromatic N) is 1. The summed E-state index contributed by atoms with van der Waals surface area (Å²) < 4.78 is 5.81. The van der Waals surface area contributed by atoms with E-state index in [2.05, 4.69) is 25.2 Å². The number of amides is 2. The summed E-state index contributed by atoms with van der Waals surface area (Å²) in [6, 6.07) is 15.4. The minimum Gasteiger partial charge on any atom is -0.484 e. The van der Waals surface area contributed by atoms with E-state index in [0.717, 1.165) is 16.7 Å². The van der Waals surface area contributed by atoms with E-state index in [9.17, 15) is 9.59 Å². The molecular weight excluding hydrogens is 388 g/mol. The third-order valence-electron chi connectivity index (χ3n) is 5.11. The third-order valence-corrected chi connectivity index (χ3v) is 5.11. The molecule has 2 aromatic carbocycles. The molecule has 0 aliphatic carbocycles. The quantitative estimate of drug-likeness (QED) is 0.585. The average molecular weight is 425 g/mol. The summed E-state index contributed by atoms with van der Waals surface area (Å²) in [7, 11) is 0. The fraction of sp³-hybridized carbons (Fsp3) is 0.462. The molecule has 2 aromatic rings. The number of nitrogens with one attached hydrogen (secondary N) is 1. The highest BCUT2D eigenvalue weighted by Gasteiger charge is 2.28. The largest absolute Gasteiger partial charge is 0.484 e. The van der Waals surface area contributed by atoms with Crippen LogP contribution in [0.1, 0.15) is 43.9 Å². The summed E-state index contributed by atoms with van der Waals surface area (Å²) >= 11 is 0. The first-order chi connectivity index (χ1) is 14.8. The zero-order valence-electron chi connectivity index (χ0n) is 19.5. The SMILES string of the molecule is CC[C@@H](C(=O)NCC(C)C)N(CCc1ccccc1)C(=O)COc1cc(C)cc(C)c1. The highest BCUT2D eigenvalue weighted by Crippen LogP contribution is 2.17. The predicted molar refractivity (Wildman–Crippen MR) is 125 cm³/mol. The first kappa shape index (κ1) is 24.4. The van der Waals surface area contributed by atoms with Gasteiger partial charge in [-0.15, -0.1) is 0 Å². The van der Waals surface area contributed by atoms with Crippen LogP contribution in [0.3, 0.4) is 0 Å². The standard InChI is InChI=1S/C26H36N2O3/c1-6-24(26(30)27-17-19(2)3)28(13-12-22-10-8-7-9-11-22)25(29)18-31-23-15-20(4)14-21(5)16-23/h7-11,14-16,19,24H,6,12-13,17-18H2,1-5H3,(H,27,30)/t24-/m0/s1. The maximum Gasteiger partial charge on any atom is 0.261 e. The zero-order valence-corrected chi connectivity index (χ0v) is 19.5. The smallest absolute Gasteiger partial charge is 0.261 e. The maximum atomic E-state index is 13.2. The van der Waals surface area contributed by atoms with Crippen molar-refractivity contribution >= 4 is 11.8 Å². The average Bonchev–Trinajstić information content (AvgIpc) is 2.73. The van der Waals surface area contributed by atoms with Gasteiger partial charge in [0.15, 0.2) is 6.61 Å². The van der Waals surface area contributed by atoms with E-state index in [4.69, 9.17) is 4.74 Å². The van der Waals surface area contributed by atoms with Gasteiger partial charge in [-0.1, -0.05) is 57.2 Å². The Hall–Kier alpha value is -2.82. The summed E-state index contributed by atoms with van der Waals surface area (Å²) in [6.07, 6.45) is 1.23. The third kappa shape index (κ3) is 8.08. The van der Waals surface area contributed by atoms with E-state index in [-0.39, 0.29) is 18.4 Å². The minimum atomic E-state index is -0.516. The van der Waals surface area contributed by atoms with Crippen molar-refractivity contribution in [3.63, 3.8) is 0 Å². The number of benzene rings is 2. The van der Waals surface area contributed by atoms with Gasteiger partial charge in [-0.2, -0.15) is 0 Å². The van der Waals surface area contributed by atoms with Crippen molar-refractivity contribution in [3.8, 4) is 5.75 Å². The van der Waals surface area contributed by atoms with Crippen molar-refractivity contribution in [2.75, 3.05) is 19.7 Å². The molecule has 0 unspecified atom stereocenters. The molecule has 5 nitrogen and oxygen atoms in total. The number of carbonyl (C=O) groups is 2. The van der Waals surface area contributed by atoms with Crippen LogP contribution < -0.4 is 10.1 Å². The van der Waals surface area contributed by atoms with Gasteiger partial charge in [-0.3, -0.25) is 9.59 Å². The van der Waals surface area contributed by atoms with E-state index in [1.54, 1.807) is 4.90 Å². The fourth-order valence-corrected chi connectivity index (χ4v) is 3.56. The summed E-state index contributed by atoms with van der Waals surface area (Å²) in [5, 5.41) is 2.98. The Labute approximate surface area is 186 Å². The molecule has 0 saturated heterocycles. The molecule has 0 spiro atoms. The molecule has 0 aliphatic rings. The zero-order chi connectivity index (χ0) is 22.8. The lowest BCUT2D eigenvalue weighted by molar-refractivity contribution is -0.142. The Kier molecular flexibility index (Phi) is 9.57. The van der Waals surface area contributed by atoms with Gasteiger partial charge < -0.3 is 15.0 Å². The van der Waals surface area contributed by atoms with Crippen LogP contribution in [0.15, 0.2) is 48.5 Å². The molecule has 0 radical (unpaired) electrons. The van der Waals surface area contributed by atoms with Crippen molar-refractivity contribution in [1.82, 2.24) is 10.2 Å². The second-order valence-electron chi connectivity index (χ2n) is 8.50. The lowest BCUT2D eigenvalue weighted by Crippen LogP contribution is -2.51. The molecule has 0 aromatic heterocycles. The van der Waals surface area contributed by atoms with Crippen molar-refractivity contribution in [2.24, 2.45) is 5.92 Å². The molecule has 168 valence electrons. The van der Waals surface area contributed by atoms with Crippen molar-refractivity contribution in [3.05, 3.63) is 65.2 Å². The molecule has 0 bridgehead atoms. The number of ether oxygens (including phenoxy) is 1. The summed E-state index contributed by atoms with van der Waals surface area (Å²) in [6.45, 7) is 11.0. The summed E-state index contributed by atoms with van der Waals surface area (Å²) in [5.41, 5.74) is 3.30. The van der Waals surface area contributed by atoms with Gasteiger partial charge >= 0.3 is 0 Å². The topological polar surface area (TPSA) is 58.6 Å². The van der Waals surface area contributed by atoms with Crippen LogP contribution in [0.5, 0.6) is 5.75 Å².